The molecule has 4 nitrogen and oxygen atoms in total. The summed E-state index contributed by atoms with van der Waals surface area (Å²) in [5.74, 6) is 0. The van der Waals surface area contributed by atoms with Gasteiger partial charge in [-0.15, -0.1) is 5.11 Å². The summed E-state index contributed by atoms with van der Waals surface area (Å²) in [6, 6.07) is 0. The first-order chi connectivity index (χ1) is 3.80. The predicted octanol–water partition coefficient (Wildman–Crippen LogP) is -0.149. The molecule has 1 heterocycles. The minimum atomic E-state index is -2.13. The lowest BCUT2D eigenvalue weighted by Gasteiger charge is -1.70. The zero-order valence-corrected chi connectivity index (χ0v) is 4.85. The summed E-state index contributed by atoms with van der Waals surface area (Å²) >= 11 is 0. The maximum absolute atomic E-state index is 10.0. The van der Waals surface area contributed by atoms with Crippen molar-refractivity contribution in [2.24, 2.45) is 10.2 Å². The molecular formula is C3H4N2O2S. The number of nitrogens with zero attached hydrogens (tertiary/aromatic N) is 2. The average molecular weight is 132 g/mol. The van der Waals surface area contributed by atoms with E-state index in [0.29, 0.717) is 13.0 Å². The van der Waals surface area contributed by atoms with Crippen LogP contribution in [0, 0.1) is 0 Å². The van der Waals surface area contributed by atoms with Crippen LogP contribution in [0.4, 0.5) is 0 Å². The molecule has 44 valence electrons. The minimum Gasteiger partial charge on any atom is -0.188 e. The summed E-state index contributed by atoms with van der Waals surface area (Å²) < 4.78 is 20.0. The largest absolute Gasteiger partial charge is 0.237 e. The van der Waals surface area contributed by atoms with Crippen molar-refractivity contribution in [2.45, 2.75) is 6.42 Å². The lowest BCUT2D eigenvalue weighted by Crippen LogP contribution is -1.88. The molecule has 0 atom stereocenters. The Hall–Kier alpha value is -0.710. The van der Waals surface area contributed by atoms with E-state index in [0.717, 1.165) is 0 Å². The second-order valence-corrected chi connectivity index (χ2v) is 2.28. The molecule has 1 rings (SSSR count). The van der Waals surface area contributed by atoms with Gasteiger partial charge < -0.3 is 0 Å². The van der Waals surface area contributed by atoms with Crippen LogP contribution in [0.3, 0.4) is 0 Å². The van der Waals surface area contributed by atoms with E-state index >= 15 is 0 Å². The number of azo groups is 1. The summed E-state index contributed by atoms with van der Waals surface area (Å²) in [5, 5.41) is 6.85. The highest BCUT2D eigenvalue weighted by Crippen LogP contribution is 1.97. The smallest absolute Gasteiger partial charge is 0.188 e. The highest BCUT2D eigenvalue weighted by atomic mass is 32.2. The summed E-state index contributed by atoms with van der Waals surface area (Å²) in [6.45, 7) is 0.517. The van der Waals surface area contributed by atoms with Crippen LogP contribution in [-0.4, -0.2) is 20.0 Å². The molecule has 5 heteroatoms. The molecule has 0 N–H and O–H groups in total. The third-order valence-electron chi connectivity index (χ3n) is 0.800. The Morgan fingerprint density at radius 1 is 1.50 bits per heavy atom. The third-order valence-corrected chi connectivity index (χ3v) is 1.47. The molecule has 0 saturated heterocycles. The van der Waals surface area contributed by atoms with Crippen LogP contribution < -0.4 is 0 Å². The number of hydrogen-bond acceptors (Lipinski definition) is 3. The molecule has 0 bridgehead atoms. The molecule has 0 saturated carbocycles. The SMILES string of the molecule is O=S(=O)=C1CCN=N1. The standard InChI is InChI=1S/C3H4N2O2S/c6-8(7)3-1-2-4-5-3/h1-2H2. The molecule has 1 aliphatic rings. The fourth-order valence-electron chi connectivity index (χ4n) is 0.441. The van der Waals surface area contributed by atoms with E-state index in [4.69, 9.17) is 0 Å². The first-order valence-corrected chi connectivity index (χ1v) is 3.21. The first kappa shape index (κ1) is 5.43. The summed E-state index contributed by atoms with van der Waals surface area (Å²) in [4.78, 5) is 0.171. The Labute approximate surface area is 47.8 Å². The van der Waals surface area contributed by atoms with Crippen molar-refractivity contribution < 1.29 is 8.42 Å². The zero-order chi connectivity index (χ0) is 5.98. The van der Waals surface area contributed by atoms with Gasteiger partial charge in [0, 0.05) is 6.42 Å². The summed E-state index contributed by atoms with van der Waals surface area (Å²) in [5.41, 5.74) is 0. The fraction of sp³-hybridized carbons (Fsp3) is 0.667. The van der Waals surface area contributed by atoms with Gasteiger partial charge >= 0.3 is 0 Å². The second kappa shape index (κ2) is 2.04. The normalized spacial score (nSPS) is 17.2. The van der Waals surface area contributed by atoms with Gasteiger partial charge in [0.05, 0.1) is 6.54 Å². The van der Waals surface area contributed by atoms with Gasteiger partial charge in [-0.05, 0) is 0 Å². The molecule has 0 unspecified atom stereocenters. The topological polar surface area (TPSA) is 58.9 Å². The Morgan fingerprint density at radius 3 is 2.50 bits per heavy atom. The number of hydrogen-bond donors (Lipinski definition) is 0. The molecule has 0 aromatic carbocycles. The highest BCUT2D eigenvalue weighted by molar-refractivity contribution is 7.72. The van der Waals surface area contributed by atoms with Crippen LogP contribution in [0.25, 0.3) is 0 Å². The van der Waals surface area contributed by atoms with E-state index in [1.54, 1.807) is 0 Å². The third kappa shape index (κ3) is 0.919. The van der Waals surface area contributed by atoms with E-state index in [1.165, 1.54) is 0 Å². The van der Waals surface area contributed by atoms with Crippen LogP contribution in [0.15, 0.2) is 10.2 Å². The molecule has 8 heavy (non-hydrogen) atoms. The van der Waals surface area contributed by atoms with Gasteiger partial charge in [-0.3, -0.25) is 0 Å². The average Bonchev–Trinajstić information content (AvgIpc) is 2.12. The van der Waals surface area contributed by atoms with Crippen LogP contribution >= 0.6 is 0 Å². The van der Waals surface area contributed by atoms with Crippen molar-refractivity contribution in [3.05, 3.63) is 0 Å². The summed E-state index contributed by atoms with van der Waals surface area (Å²) in [7, 11) is -2.13. The van der Waals surface area contributed by atoms with Gasteiger partial charge in [0.25, 0.3) is 0 Å². The van der Waals surface area contributed by atoms with Crippen LogP contribution in [0.2, 0.25) is 0 Å². The monoisotopic (exact) mass is 132 g/mol. The summed E-state index contributed by atoms with van der Waals surface area (Å²) in [6.07, 6.45) is 0.468. The van der Waals surface area contributed by atoms with Crippen molar-refractivity contribution in [1.82, 2.24) is 0 Å². The minimum absolute atomic E-state index is 0.171. The van der Waals surface area contributed by atoms with Crippen LogP contribution in [0.1, 0.15) is 6.42 Å². The van der Waals surface area contributed by atoms with Crippen LogP contribution in [0.5, 0.6) is 0 Å². The molecule has 0 aromatic heterocycles. The Bertz CT molecular complexity index is 230. The van der Waals surface area contributed by atoms with Crippen molar-refractivity contribution >= 4 is 15.3 Å². The van der Waals surface area contributed by atoms with E-state index < -0.39 is 10.3 Å². The van der Waals surface area contributed by atoms with Crippen molar-refractivity contribution in [3.63, 3.8) is 0 Å². The van der Waals surface area contributed by atoms with Crippen molar-refractivity contribution in [3.8, 4) is 0 Å². The molecular weight excluding hydrogens is 128 g/mol. The van der Waals surface area contributed by atoms with Crippen molar-refractivity contribution in [2.75, 3.05) is 6.54 Å². The van der Waals surface area contributed by atoms with Gasteiger partial charge in [-0.25, -0.2) is 0 Å². The van der Waals surface area contributed by atoms with E-state index in [-0.39, 0.29) is 4.99 Å². The molecule has 0 aromatic rings. The van der Waals surface area contributed by atoms with E-state index in [1.807, 2.05) is 0 Å². The Kier molecular flexibility index (Phi) is 1.38. The molecule has 0 amide bonds. The van der Waals surface area contributed by atoms with Crippen molar-refractivity contribution in [1.29, 1.82) is 0 Å². The lowest BCUT2D eigenvalue weighted by molar-refractivity contribution is 0.626. The molecule has 0 aliphatic carbocycles. The van der Waals surface area contributed by atoms with E-state index in [9.17, 15) is 8.42 Å². The molecule has 1 aliphatic heterocycles. The predicted molar refractivity (Wildman–Crippen MR) is 28.3 cm³/mol. The maximum Gasteiger partial charge on any atom is 0.237 e. The van der Waals surface area contributed by atoms with E-state index in [2.05, 4.69) is 10.2 Å². The second-order valence-electron chi connectivity index (χ2n) is 1.34. The lowest BCUT2D eigenvalue weighted by atomic mass is 10.5. The maximum atomic E-state index is 10.0. The Balaban J connectivity index is 3.07. The Morgan fingerprint density at radius 2 is 2.25 bits per heavy atom. The highest BCUT2D eigenvalue weighted by Gasteiger charge is 2.03. The quantitative estimate of drug-likeness (QED) is 0.430. The zero-order valence-electron chi connectivity index (χ0n) is 4.03. The van der Waals surface area contributed by atoms with Crippen LogP contribution in [-0.2, 0) is 10.3 Å². The van der Waals surface area contributed by atoms with Gasteiger partial charge in [-0.1, -0.05) is 0 Å². The first-order valence-electron chi connectivity index (χ1n) is 2.13. The molecule has 0 fully saturated rings. The van der Waals surface area contributed by atoms with Gasteiger partial charge in [0.15, 0.2) is 4.99 Å². The molecule has 0 radical (unpaired) electrons. The molecule has 0 spiro atoms. The number of rotatable bonds is 0. The van der Waals surface area contributed by atoms with Gasteiger partial charge in [-0.2, -0.15) is 13.5 Å². The fourth-order valence-corrected chi connectivity index (χ4v) is 0.824. The van der Waals surface area contributed by atoms with Gasteiger partial charge in [0.1, 0.15) is 0 Å². The van der Waals surface area contributed by atoms with Gasteiger partial charge in [0.2, 0.25) is 10.3 Å².